The van der Waals surface area contributed by atoms with E-state index in [1.165, 1.54) is 0 Å². The molecule has 39 heavy (non-hydrogen) atoms. The van der Waals surface area contributed by atoms with E-state index in [9.17, 15) is 14.7 Å². The van der Waals surface area contributed by atoms with Crippen molar-refractivity contribution in [3.63, 3.8) is 0 Å². The van der Waals surface area contributed by atoms with Gasteiger partial charge < -0.3 is 25.2 Å². The lowest BCUT2D eigenvalue weighted by Gasteiger charge is -2.37. The maximum Gasteiger partial charge on any atom is 0.227 e. The summed E-state index contributed by atoms with van der Waals surface area (Å²) in [5, 5.41) is 16.1. The van der Waals surface area contributed by atoms with Crippen molar-refractivity contribution in [1.82, 2.24) is 5.32 Å². The number of anilines is 1. The third-order valence-electron chi connectivity index (χ3n) is 8.21. The number of rotatable bonds is 8. The minimum atomic E-state index is -0.521. The number of carbonyl (C=O) groups is 2. The van der Waals surface area contributed by atoms with E-state index in [-0.39, 0.29) is 48.9 Å². The van der Waals surface area contributed by atoms with Crippen LogP contribution in [0, 0.1) is 5.92 Å². The zero-order valence-electron chi connectivity index (χ0n) is 21.8. The van der Waals surface area contributed by atoms with Gasteiger partial charge in [-0.3, -0.25) is 9.59 Å². The molecule has 4 atom stereocenters. The summed E-state index contributed by atoms with van der Waals surface area (Å²) in [5.74, 6) is 0.811. The van der Waals surface area contributed by atoms with Gasteiger partial charge in [0, 0.05) is 29.6 Å². The van der Waals surface area contributed by atoms with E-state index in [1.54, 1.807) is 0 Å². The van der Waals surface area contributed by atoms with Crippen LogP contribution in [0.1, 0.15) is 49.1 Å². The molecule has 0 spiro atoms. The van der Waals surface area contributed by atoms with E-state index < -0.39 is 6.10 Å². The van der Waals surface area contributed by atoms with Crippen LogP contribution in [0.25, 0.3) is 11.1 Å². The third-order valence-corrected chi connectivity index (χ3v) is 8.21. The summed E-state index contributed by atoms with van der Waals surface area (Å²) in [4.78, 5) is 25.3. The number of ether oxygens (including phenoxy) is 2. The molecular weight excluding hydrogens is 492 g/mol. The van der Waals surface area contributed by atoms with Gasteiger partial charge in [-0.05, 0) is 54.2 Å². The first-order chi connectivity index (χ1) is 19.1. The van der Waals surface area contributed by atoms with E-state index in [4.69, 9.17) is 9.47 Å². The van der Waals surface area contributed by atoms with Crippen molar-refractivity contribution >= 4 is 17.5 Å². The van der Waals surface area contributed by atoms with Crippen molar-refractivity contribution in [3.8, 4) is 16.9 Å². The van der Waals surface area contributed by atoms with Gasteiger partial charge in [-0.15, -0.1) is 0 Å². The van der Waals surface area contributed by atoms with Crippen molar-refractivity contribution in [1.29, 1.82) is 0 Å². The largest absolute Gasteiger partial charge is 0.487 e. The summed E-state index contributed by atoms with van der Waals surface area (Å²) >= 11 is 0. The van der Waals surface area contributed by atoms with Gasteiger partial charge in [0.2, 0.25) is 11.8 Å². The highest BCUT2D eigenvalue weighted by atomic mass is 16.6. The van der Waals surface area contributed by atoms with Crippen LogP contribution >= 0.6 is 0 Å². The predicted molar refractivity (Wildman–Crippen MR) is 148 cm³/mol. The normalized spacial score (nSPS) is 23.6. The van der Waals surface area contributed by atoms with Gasteiger partial charge in [0.1, 0.15) is 18.0 Å². The maximum absolute atomic E-state index is 12.8. The fraction of sp³-hybridized carbons (Fsp3) is 0.375. The molecule has 7 nitrogen and oxygen atoms in total. The minimum absolute atomic E-state index is 0.0187. The van der Waals surface area contributed by atoms with E-state index >= 15 is 0 Å². The van der Waals surface area contributed by atoms with E-state index in [0.29, 0.717) is 13.0 Å². The van der Waals surface area contributed by atoms with Crippen LogP contribution in [0.5, 0.6) is 5.75 Å². The zero-order valence-corrected chi connectivity index (χ0v) is 21.8. The Labute approximate surface area is 228 Å². The number of hydrogen-bond donors (Lipinski definition) is 3. The second-order valence-electron chi connectivity index (χ2n) is 10.8. The molecule has 3 aromatic carbocycles. The van der Waals surface area contributed by atoms with Crippen molar-refractivity contribution in [2.45, 2.75) is 62.9 Å². The fourth-order valence-electron chi connectivity index (χ4n) is 5.81. The maximum atomic E-state index is 12.8. The molecule has 2 fully saturated rings. The molecule has 1 saturated heterocycles. The quantitative estimate of drug-likeness (QED) is 0.392. The lowest BCUT2D eigenvalue weighted by molar-refractivity contribution is -0.142. The number of aliphatic hydroxyl groups is 1. The number of carbonyl (C=O) groups excluding carboxylic acids is 2. The Kier molecular flexibility index (Phi) is 7.35. The van der Waals surface area contributed by atoms with Gasteiger partial charge >= 0.3 is 0 Å². The summed E-state index contributed by atoms with van der Waals surface area (Å²) in [6, 6.07) is 24.1. The smallest absolute Gasteiger partial charge is 0.227 e. The zero-order chi connectivity index (χ0) is 26.8. The fourth-order valence-corrected chi connectivity index (χ4v) is 5.81. The molecule has 1 saturated carbocycles. The molecule has 6 rings (SSSR count). The molecule has 0 aromatic heterocycles. The van der Waals surface area contributed by atoms with Crippen molar-refractivity contribution < 1.29 is 24.2 Å². The van der Waals surface area contributed by atoms with Gasteiger partial charge in [0.15, 0.2) is 0 Å². The second-order valence-corrected chi connectivity index (χ2v) is 10.8. The lowest BCUT2D eigenvalue weighted by atomic mass is 9.83. The highest BCUT2D eigenvalue weighted by Crippen LogP contribution is 2.47. The van der Waals surface area contributed by atoms with Crippen LogP contribution < -0.4 is 15.4 Å². The monoisotopic (exact) mass is 526 g/mol. The van der Waals surface area contributed by atoms with Crippen LogP contribution in [0.4, 0.5) is 5.69 Å². The molecule has 3 aromatic rings. The SMILES string of the molecule is O=C(C[C@H]1C[C@@H]2c3cc(NC(=O)C4CCC4)ccc3O[C@@H]2[C@@H](CO)O1)NCc1ccc(-c2ccccc2)cc1. The number of aliphatic hydroxyl groups excluding tert-OH is 1. The number of benzene rings is 3. The average Bonchev–Trinajstić information content (AvgIpc) is 3.29. The summed E-state index contributed by atoms with van der Waals surface area (Å²) in [5.41, 5.74) is 5.07. The number of amides is 2. The van der Waals surface area contributed by atoms with Crippen LogP contribution in [0.3, 0.4) is 0 Å². The summed E-state index contributed by atoms with van der Waals surface area (Å²) in [6.45, 7) is 0.248. The first-order valence-corrected chi connectivity index (χ1v) is 13.9. The minimum Gasteiger partial charge on any atom is -0.487 e. The van der Waals surface area contributed by atoms with Crippen LogP contribution in [-0.2, 0) is 20.9 Å². The Hall–Kier alpha value is -3.68. The first-order valence-electron chi connectivity index (χ1n) is 13.9. The molecule has 0 bridgehead atoms. The topological polar surface area (TPSA) is 96.9 Å². The van der Waals surface area contributed by atoms with E-state index in [2.05, 4.69) is 34.9 Å². The van der Waals surface area contributed by atoms with Gasteiger partial charge in [0.25, 0.3) is 0 Å². The Balaban J connectivity index is 1.07. The summed E-state index contributed by atoms with van der Waals surface area (Å²) in [7, 11) is 0. The summed E-state index contributed by atoms with van der Waals surface area (Å²) in [6.07, 6.45) is 2.64. The Morgan fingerprint density at radius 3 is 2.44 bits per heavy atom. The highest BCUT2D eigenvalue weighted by molar-refractivity contribution is 5.93. The van der Waals surface area contributed by atoms with Gasteiger partial charge in [-0.1, -0.05) is 61.0 Å². The van der Waals surface area contributed by atoms with Crippen molar-refractivity contribution in [2.75, 3.05) is 11.9 Å². The van der Waals surface area contributed by atoms with Crippen molar-refractivity contribution in [2.24, 2.45) is 5.92 Å². The van der Waals surface area contributed by atoms with E-state index in [1.807, 2.05) is 48.5 Å². The van der Waals surface area contributed by atoms with Crippen LogP contribution in [0.15, 0.2) is 72.8 Å². The molecule has 2 amide bonds. The average molecular weight is 527 g/mol. The lowest BCUT2D eigenvalue weighted by Crippen LogP contribution is -2.47. The Morgan fingerprint density at radius 2 is 1.72 bits per heavy atom. The molecule has 0 unspecified atom stereocenters. The number of nitrogens with one attached hydrogen (secondary N) is 2. The molecule has 3 aliphatic rings. The Bertz CT molecular complexity index is 1320. The second kappa shape index (κ2) is 11.2. The van der Waals surface area contributed by atoms with Gasteiger partial charge in [0.05, 0.1) is 19.1 Å². The first kappa shape index (κ1) is 25.6. The molecule has 2 aliphatic heterocycles. The van der Waals surface area contributed by atoms with Crippen LogP contribution in [0.2, 0.25) is 0 Å². The molecule has 2 heterocycles. The highest BCUT2D eigenvalue weighted by Gasteiger charge is 2.46. The standard InChI is InChI=1S/C32H34N2O5/c35-19-29-31-27(26-15-24(13-14-28(26)39-31)34-32(37)23-7-4-8-23)16-25(38-29)17-30(36)33-18-20-9-11-22(12-10-20)21-5-2-1-3-6-21/h1-3,5-6,9-15,23,25,27,29,31,35H,4,7-8,16-19H2,(H,33,36)(H,34,37)/t25-,27-,29-,31+/m1/s1. The molecule has 7 heteroatoms. The van der Waals surface area contributed by atoms with Crippen molar-refractivity contribution in [3.05, 3.63) is 83.9 Å². The molecule has 3 N–H and O–H groups in total. The van der Waals surface area contributed by atoms with Crippen LogP contribution in [-0.4, -0.2) is 41.8 Å². The Morgan fingerprint density at radius 1 is 0.949 bits per heavy atom. The number of fused-ring (bicyclic) bond motifs is 3. The number of hydrogen-bond acceptors (Lipinski definition) is 5. The summed E-state index contributed by atoms with van der Waals surface area (Å²) < 4.78 is 12.3. The van der Waals surface area contributed by atoms with Gasteiger partial charge in [-0.25, -0.2) is 0 Å². The van der Waals surface area contributed by atoms with Gasteiger partial charge in [-0.2, -0.15) is 0 Å². The molecular formula is C32H34N2O5. The van der Waals surface area contributed by atoms with E-state index in [0.717, 1.165) is 53.0 Å². The molecule has 0 radical (unpaired) electrons. The predicted octanol–water partition coefficient (Wildman–Crippen LogP) is 4.79. The molecule has 1 aliphatic carbocycles. The third kappa shape index (κ3) is 5.56. The molecule has 202 valence electrons.